The van der Waals surface area contributed by atoms with E-state index in [2.05, 4.69) is 44.5 Å². The molecular weight excluding hydrogens is 384 g/mol. The summed E-state index contributed by atoms with van der Waals surface area (Å²) in [5.41, 5.74) is 4.47. The SMILES string of the molecule is CNc1cc(-c2cccc(Cl)c2)ccc1C1CN(c2ncccn2)CCC1CO. The van der Waals surface area contributed by atoms with Crippen molar-refractivity contribution in [2.75, 3.05) is 37.0 Å². The van der Waals surface area contributed by atoms with Crippen molar-refractivity contribution >= 4 is 23.2 Å². The fourth-order valence-electron chi connectivity index (χ4n) is 4.15. The van der Waals surface area contributed by atoms with E-state index in [1.807, 2.05) is 31.3 Å². The van der Waals surface area contributed by atoms with Gasteiger partial charge in [0, 0.05) is 55.8 Å². The third kappa shape index (κ3) is 4.21. The second kappa shape index (κ2) is 8.80. The molecule has 2 atom stereocenters. The number of benzene rings is 2. The molecule has 0 radical (unpaired) electrons. The summed E-state index contributed by atoms with van der Waals surface area (Å²) in [5, 5.41) is 14.1. The Balaban J connectivity index is 1.67. The number of hydrogen-bond acceptors (Lipinski definition) is 5. The minimum atomic E-state index is 0.174. The molecule has 150 valence electrons. The number of nitrogens with one attached hydrogen (secondary N) is 1. The van der Waals surface area contributed by atoms with E-state index >= 15 is 0 Å². The zero-order valence-corrected chi connectivity index (χ0v) is 17.2. The van der Waals surface area contributed by atoms with Gasteiger partial charge in [-0.15, -0.1) is 0 Å². The summed E-state index contributed by atoms with van der Waals surface area (Å²) in [6.45, 7) is 1.80. The van der Waals surface area contributed by atoms with Crippen LogP contribution < -0.4 is 10.2 Å². The Bertz CT molecular complexity index is 966. The molecule has 2 unspecified atom stereocenters. The largest absolute Gasteiger partial charge is 0.396 e. The van der Waals surface area contributed by atoms with E-state index in [4.69, 9.17) is 11.6 Å². The molecule has 0 amide bonds. The summed E-state index contributed by atoms with van der Waals surface area (Å²) in [5.74, 6) is 1.14. The van der Waals surface area contributed by atoms with Crippen LogP contribution in [0.2, 0.25) is 5.02 Å². The molecule has 0 bridgehead atoms. The van der Waals surface area contributed by atoms with Crippen LogP contribution in [0.3, 0.4) is 0 Å². The van der Waals surface area contributed by atoms with Gasteiger partial charge >= 0.3 is 0 Å². The van der Waals surface area contributed by atoms with E-state index in [-0.39, 0.29) is 18.4 Å². The first kappa shape index (κ1) is 19.7. The lowest BCUT2D eigenvalue weighted by Crippen LogP contribution is -2.41. The van der Waals surface area contributed by atoms with Gasteiger partial charge in [-0.05, 0) is 53.3 Å². The summed E-state index contributed by atoms with van der Waals surface area (Å²) in [4.78, 5) is 11.0. The Labute approximate surface area is 176 Å². The minimum Gasteiger partial charge on any atom is -0.396 e. The molecule has 0 saturated carbocycles. The highest BCUT2D eigenvalue weighted by Crippen LogP contribution is 2.38. The minimum absolute atomic E-state index is 0.174. The van der Waals surface area contributed by atoms with Crippen LogP contribution in [-0.2, 0) is 0 Å². The van der Waals surface area contributed by atoms with Gasteiger partial charge < -0.3 is 15.3 Å². The first-order chi connectivity index (χ1) is 14.2. The van der Waals surface area contributed by atoms with Gasteiger partial charge in [-0.1, -0.05) is 35.9 Å². The van der Waals surface area contributed by atoms with Crippen LogP contribution in [0, 0.1) is 5.92 Å². The summed E-state index contributed by atoms with van der Waals surface area (Å²) in [6.07, 6.45) is 4.45. The summed E-state index contributed by atoms with van der Waals surface area (Å²) >= 11 is 6.17. The van der Waals surface area contributed by atoms with Crippen LogP contribution in [0.1, 0.15) is 17.9 Å². The zero-order chi connectivity index (χ0) is 20.2. The van der Waals surface area contributed by atoms with E-state index in [0.29, 0.717) is 0 Å². The van der Waals surface area contributed by atoms with E-state index in [9.17, 15) is 5.11 Å². The van der Waals surface area contributed by atoms with E-state index in [1.165, 1.54) is 5.56 Å². The molecule has 4 rings (SSSR count). The molecule has 1 aliphatic rings. The Morgan fingerprint density at radius 3 is 2.62 bits per heavy atom. The normalized spacial score (nSPS) is 19.2. The number of piperidine rings is 1. The summed E-state index contributed by atoms with van der Waals surface area (Å²) < 4.78 is 0. The van der Waals surface area contributed by atoms with Crippen LogP contribution >= 0.6 is 11.6 Å². The molecule has 1 aliphatic heterocycles. The predicted molar refractivity (Wildman–Crippen MR) is 119 cm³/mol. The number of anilines is 2. The Morgan fingerprint density at radius 1 is 1.10 bits per heavy atom. The molecule has 2 aromatic carbocycles. The second-order valence-corrected chi connectivity index (χ2v) is 7.83. The van der Waals surface area contributed by atoms with Crippen LogP contribution in [-0.4, -0.2) is 41.8 Å². The van der Waals surface area contributed by atoms with Crippen molar-refractivity contribution in [1.29, 1.82) is 0 Å². The van der Waals surface area contributed by atoms with Crippen LogP contribution in [0.4, 0.5) is 11.6 Å². The fraction of sp³-hybridized carbons (Fsp3) is 0.304. The number of aliphatic hydroxyl groups excluding tert-OH is 1. The molecule has 29 heavy (non-hydrogen) atoms. The van der Waals surface area contributed by atoms with Crippen molar-refractivity contribution < 1.29 is 5.11 Å². The van der Waals surface area contributed by atoms with Crippen molar-refractivity contribution in [3.63, 3.8) is 0 Å². The van der Waals surface area contributed by atoms with E-state index in [0.717, 1.165) is 47.3 Å². The Kier molecular flexibility index (Phi) is 5.97. The number of rotatable bonds is 5. The Morgan fingerprint density at radius 2 is 1.90 bits per heavy atom. The van der Waals surface area contributed by atoms with Crippen LogP contribution in [0.5, 0.6) is 0 Å². The average Bonchev–Trinajstić information content (AvgIpc) is 2.79. The van der Waals surface area contributed by atoms with Crippen molar-refractivity contribution in [2.45, 2.75) is 12.3 Å². The lowest BCUT2D eigenvalue weighted by molar-refractivity contribution is 0.184. The van der Waals surface area contributed by atoms with Gasteiger partial charge in [0.15, 0.2) is 0 Å². The molecule has 0 spiro atoms. The van der Waals surface area contributed by atoms with Crippen molar-refractivity contribution in [3.05, 3.63) is 71.5 Å². The smallest absolute Gasteiger partial charge is 0.225 e. The Hall–Kier alpha value is -2.63. The fourth-order valence-corrected chi connectivity index (χ4v) is 4.34. The molecule has 2 heterocycles. The van der Waals surface area contributed by atoms with Crippen molar-refractivity contribution in [2.24, 2.45) is 5.92 Å². The summed E-state index contributed by atoms with van der Waals surface area (Å²) in [6, 6.07) is 16.2. The summed E-state index contributed by atoms with van der Waals surface area (Å²) in [7, 11) is 1.94. The van der Waals surface area contributed by atoms with Gasteiger partial charge in [0.05, 0.1) is 0 Å². The maximum absolute atomic E-state index is 10.0. The molecule has 1 aromatic heterocycles. The van der Waals surface area contributed by atoms with Crippen molar-refractivity contribution in [3.8, 4) is 11.1 Å². The number of hydrogen-bond donors (Lipinski definition) is 2. The maximum Gasteiger partial charge on any atom is 0.225 e. The first-order valence-corrected chi connectivity index (χ1v) is 10.3. The average molecular weight is 409 g/mol. The van der Waals surface area contributed by atoms with Crippen molar-refractivity contribution in [1.82, 2.24) is 9.97 Å². The van der Waals surface area contributed by atoms with E-state index in [1.54, 1.807) is 12.4 Å². The third-order valence-corrected chi connectivity index (χ3v) is 5.94. The quantitative estimate of drug-likeness (QED) is 0.653. The molecule has 3 aromatic rings. The highest BCUT2D eigenvalue weighted by molar-refractivity contribution is 6.30. The predicted octanol–water partition coefficient (Wildman–Crippen LogP) is 4.44. The van der Waals surface area contributed by atoms with Gasteiger partial charge in [0.25, 0.3) is 0 Å². The molecule has 0 aliphatic carbocycles. The monoisotopic (exact) mass is 408 g/mol. The topological polar surface area (TPSA) is 61.3 Å². The maximum atomic E-state index is 10.0. The molecule has 5 nitrogen and oxygen atoms in total. The lowest BCUT2D eigenvalue weighted by atomic mass is 9.80. The van der Waals surface area contributed by atoms with Gasteiger partial charge in [-0.25, -0.2) is 9.97 Å². The lowest BCUT2D eigenvalue weighted by Gasteiger charge is -2.39. The molecule has 2 N–H and O–H groups in total. The number of nitrogens with zero attached hydrogens (tertiary/aromatic N) is 3. The van der Waals surface area contributed by atoms with E-state index < -0.39 is 0 Å². The van der Waals surface area contributed by atoms with Crippen LogP contribution in [0.15, 0.2) is 60.9 Å². The molecular formula is C23H25ClN4O. The van der Waals surface area contributed by atoms with Gasteiger partial charge in [-0.3, -0.25) is 0 Å². The molecule has 1 saturated heterocycles. The van der Waals surface area contributed by atoms with Gasteiger partial charge in [0.2, 0.25) is 5.95 Å². The third-order valence-electron chi connectivity index (χ3n) is 5.71. The zero-order valence-electron chi connectivity index (χ0n) is 16.4. The standard InChI is InChI=1S/C23H25ClN4O/c1-25-22-13-17(16-4-2-5-19(24)12-16)6-7-20(22)21-14-28(11-8-18(21)15-29)23-26-9-3-10-27-23/h2-7,9-10,12-13,18,21,25,29H,8,11,14-15H2,1H3. The van der Waals surface area contributed by atoms with Gasteiger partial charge in [0.1, 0.15) is 0 Å². The molecule has 6 heteroatoms. The van der Waals surface area contributed by atoms with Crippen LogP contribution in [0.25, 0.3) is 11.1 Å². The number of aromatic nitrogens is 2. The number of aliphatic hydroxyl groups is 1. The second-order valence-electron chi connectivity index (χ2n) is 7.40. The van der Waals surface area contributed by atoms with Gasteiger partial charge in [-0.2, -0.15) is 0 Å². The highest BCUT2D eigenvalue weighted by atomic mass is 35.5. The highest BCUT2D eigenvalue weighted by Gasteiger charge is 2.32. The molecule has 1 fully saturated rings. The number of halogens is 1. The first-order valence-electron chi connectivity index (χ1n) is 9.90.